The van der Waals surface area contributed by atoms with Gasteiger partial charge < -0.3 is 15.0 Å². The van der Waals surface area contributed by atoms with Crippen LogP contribution in [0.2, 0.25) is 0 Å². The SMILES string of the molecule is COc1cccc(C2CCCN2C(=O)NC2CCN(Cc3ccccc3)CC2)c1. The summed E-state index contributed by atoms with van der Waals surface area (Å²) in [6, 6.07) is 19.2. The van der Waals surface area contributed by atoms with Crippen molar-refractivity contribution in [1.82, 2.24) is 15.1 Å². The Morgan fingerprint density at radius 1 is 1.03 bits per heavy atom. The molecule has 0 radical (unpaired) electrons. The minimum atomic E-state index is 0.0804. The highest BCUT2D eigenvalue weighted by molar-refractivity contribution is 5.75. The zero-order chi connectivity index (χ0) is 20.1. The van der Waals surface area contributed by atoms with Crippen LogP contribution >= 0.6 is 0 Å². The van der Waals surface area contributed by atoms with Crippen molar-refractivity contribution >= 4 is 6.03 Å². The van der Waals surface area contributed by atoms with Crippen molar-refractivity contribution in [3.63, 3.8) is 0 Å². The highest BCUT2D eigenvalue weighted by atomic mass is 16.5. The Bertz CT molecular complexity index is 803. The predicted octanol–water partition coefficient (Wildman–Crippen LogP) is 4.21. The first kappa shape index (κ1) is 19.8. The van der Waals surface area contributed by atoms with E-state index in [9.17, 15) is 4.79 Å². The normalized spacial score (nSPS) is 20.6. The quantitative estimate of drug-likeness (QED) is 0.828. The van der Waals surface area contributed by atoms with Gasteiger partial charge in [0.25, 0.3) is 0 Å². The highest BCUT2D eigenvalue weighted by Crippen LogP contribution is 2.33. The fraction of sp³-hybridized carbons (Fsp3) is 0.458. The summed E-state index contributed by atoms with van der Waals surface area (Å²) in [6.07, 6.45) is 4.08. The maximum atomic E-state index is 13.0. The number of ether oxygens (including phenoxy) is 1. The molecule has 2 fully saturated rings. The molecule has 29 heavy (non-hydrogen) atoms. The second-order valence-electron chi connectivity index (χ2n) is 8.11. The molecule has 1 unspecified atom stereocenters. The number of methoxy groups -OCH3 is 1. The maximum absolute atomic E-state index is 13.0. The molecular formula is C24H31N3O2. The van der Waals surface area contributed by atoms with Crippen LogP contribution in [0, 0.1) is 0 Å². The second kappa shape index (κ2) is 9.31. The Balaban J connectivity index is 1.30. The summed E-state index contributed by atoms with van der Waals surface area (Å²) in [6.45, 7) is 3.87. The molecule has 2 aromatic carbocycles. The summed E-state index contributed by atoms with van der Waals surface area (Å²) in [7, 11) is 1.68. The van der Waals surface area contributed by atoms with Crippen LogP contribution < -0.4 is 10.1 Å². The van der Waals surface area contributed by atoms with Crippen molar-refractivity contribution in [3.8, 4) is 5.75 Å². The van der Waals surface area contributed by atoms with Crippen molar-refractivity contribution in [2.45, 2.75) is 44.3 Å². The first-order valence-electron chi connectivity index (χ1n) is 10.7. The van der Waals surface area contributed by atoms with E-state index in [2.05, 4.69) is 52.7 Å². The van der Waals surface area contributed by atoms with Crippen molar-refractivity contribution in [1.29, 1.82) is 0 Å². The molecule has 2 aliphatic heterocycles. The smallest absolute Gasteiger partial charge is 0.318 e. The van der Waals surface area contributed by atoms with E-state index in [-0.39, 0.29) is 18.1 Å². The van der Waals surface area contributed by atoms with Gasteiger partial charge in [-0.15, -0.1) is 0 Å². The van der Waals surface area contributed by atoms with Crippen molar-refractivity contribution in [2.24, 2.45) is 0 Å². The standard InChI is InChI=1S/C24H31N3O2/c1-29-22-10-5-9-20(17-22)23-11-6-14-27(23)24(28)25-21-12-15-26(16-13-21)18-19-7-3-2-4-8-19/h2-5,7-10,17,21,23H,6,11-16,18H2,1H3,(H,25,28). The van der Waals surface area contributed by atoms with Crippen molar-refractivity contribution < 1.29 is 9.53 Å². The van der Waals surface area contributed by atoms with Crippen molar-refractivity contribution in [2.75, 3.05) is 26.7 Å². The number of nitrogens with zero attached hydrogens (tertiary/aromatic N) is 2. The molecule has 2 amide bonds. The van der Waals surface area contributed by atoms with Gasteiger partial charge in [-0.3, -0.25) is 4.90 Å². The Kier molecular flexibility index (Phi) is 6.35. The van der Waals surface area contributed by atoms with Crippen LogP contribution in [0.25, 0.3) is 0 Å². The number of carbonyl (C=O) groups excluding carboxylic acids is 1. The zero-order valence-corrected chi connectivity index (χ0v) is 17.2. The molecule has 5 nitrogen and oxygen atoms in total. The van der Waals surface area contributed by atoms with E-state index >= 15 is 0 Å². The molecule has 2 aliphatic rings. The van der Waals surface area contributed by atoms with Gasteiger partial charge in [0.05, 0.1) is 13.2 Å². The molecule has 2 saturated heterocycles. The van der Waals surface area contributed by atoms with E-state index in [1.807, 2.05) is 17.0 Å². The minimum absolute atomic E-state index is 0.0804. The summed E-state index contributed by atoms with van der Waals surface area (Å²) in [5.74, 6) is 0.848. The summed E-state index contributed by atoms with van der Waals surface area (Å²) in [4.78, 5) is 17.5. The third-order valence-corrected chi connectivity index (χ3v) is 6.16. The number of urea groups is 1. The van der Waals surface area contributed by atoms with E-state index in [0.29, 0.717) is 0 Å². The Morgan fingerprint density at radius 2 is 1.83 bits per heavy atom. The van der Waals surface area contributed by atoms with Gasteiger partial charge in [0.2, 0.25) is 0 Å². The van der Waals surface area contributed by atoms with Crippen LogP contribution in [0.5, 0.6) is 5.75 Å². The van der Waals surface area contributed by atoms with E-state index in [1.54, 1.807) is 7.11 Å². The zero-order valence-electron chi connectivity index (χ0n) is 17.2. The third kappa shape index (κ3) is 4.91. The van der Waals surface area contributed by atoms with Crippen LogP contribution in [-0.4, -0.2) is 48.6 Å². The first-order valence-corrected chi connectivity index (χ1v) is 10.7. The number of amides is 2. The molecule has 0 saturated carbocycles. The summed E-state index contributed by atoms with van der Waals surface area (Å²) in [5, 5.41) is 3.30. The van der Waals surface area contributed by atoms with Gasteiger partial charge in [-0.2, -0.15) is 0 Å². The van der Waals surface area contributed by atoms with Crippen molar-refractivity contribution in [3.05, 3.63) is 65.7 Å². The average molecular weight is 394 g/mol. The Morgan fingerprint density at radius 3 is 2.59 bits per heavy atom. The van der Waals surface area contributed by atoms with Gasteiger partial charge >= 0.3 is 6.03 Å². The molecule has 0 spiro atoms. The molecule has 2 aromatic rings. The number of hydrogen-bond acceptors (Lipinski definition) is 3. The lowest BCUT2D eigenvalue weighted by Crippen LogP contribution is -2.48. The number of nitrogens with one attached hydrogen (secondary N) is 1. The Hall–Kier alpha value is -2.53. The number of likely N-dealkylation sites (tertiary alicyclic amines) is 2. The lowest BCUT2D eigenvalue weighted by Gasteiger charge is -2.34. The van der Waals surface area contributed by atoms with E-state index in [1.165, 1.54) is 5.56 Å². The molecule has 1 N–H and O–H groups in total. The molecule has 0 aliphatic carbocycles. The number of rotatable bonds is 5. The summed E-state index contributed by atoms with van der Waals surface area (Å²) < 4.78 is 5.36. The molecule has 2 heterocycles. The van der Waals surface area contributed by atoms with Crippen LogP contribution in [0.1, 0.15) is 42.9 Å². The van der Waals surface area contributed by atoms with E-state index in [0.717, 1.165) is 63.2 Å². The lowest BCUT2D eigenvalue weighted by atomic mass is 10.0. The van der Waals surface area contributed by atoms with Crippen LogP contribution in [0.3, 0.4) is 0 Å². The summed E-state index contributed by atoms with van der Waals surface area (Å²) >= 11 is 0. The summed E-state index contributed by atoms with van der Waals surface area (Å²) in [5.41, 5.74) is 2.52. The van der Waals surface area contributed by atoms with E-state index < -0.39 is 0 Å². The van der Waals surface area contributed by atoms with Gasteiger partial charge in [0.15, 0.2) is 0 Å². The Labute approximate surface area is 173 Å². The highest BCUT2D eigenvalue weighted by Gasteiger charge is 2.32. The molecule has 1 atom stereocenters. The second-order valence-corrected chi connectivity index (χ2v) is 8.11. The fourth-order valence-corrected chi connectivity index (χ4v) is 4.54. The molecule has 0 bridgehead atoms. The van der Waals surface area contributed by atoms with Crippen LogP contribution in [0.4, 0.5) is 4.79 Å². The predicted molar refractivity (Wildman–Crippen MR) is 115 cm³/mol. The first-order chi connectivity index (χ1) is 14.2. The van der Waals surface area contributed by atoms with E-state index in [4.69, 9.17) is 4.74 Å². The monoisotopic (exact) mass is 393 g/mol. The average Bonchev–Trinajstić information content (AvgIpc) is 3.26. The molecule has 154 valence electrons. The number of hydrogen-bond donors (Lipinski definition) is 1. The minimum Gasteiger partial charge on any atom is -0.497 e. The molecule has 0 aromatic heterocycles. The van der Waals surface area contributed by atoms with Gasteiger partial charge in [-0.1, -0.05) is 42.5 Å². The van der Waals surface area contributed by atoms with Crippen LogP contribution in [-0.2, 0) is 6.54 Å². The van der Waals surface area contributed by atoms with Gasteiger partial charge in [0, 0.05) is 32.2 Å². The molecule has 4 rings (SSSR count). The lowest BCUT2D eigenvalue weighted by molar-refractivity contribution is 0.166. The largest absolute Gasteiger partial charge is 0.497 e. The van der Waals surface area contributed by atoms with Gasteiger partial charge in [0.1, 0.15) is 5.75 Å². The molecule has 5 heteroatoms. The molecular weight excluding hydrogens is 362 g/mol. The third-order valence-electron chi connectivity index (χ3n) is 6.16. The number of benzene rings is 2. The van der Waals surface area contributed by atoms with Crippen LogP contribution in [0.15, 0.2) is 54.6 Å². The topological polar surface area (TPSA) is 44.8 Å². The van der Waals surface area contributed by atoms with Gasteiger partial charge in [-0.05, 0) is 48.9 Å². The van der Waals surface area contributed by atoms with Gasteiger partial charge in [-0.25, -0.2) is 4.79 Å². The fourth-order valence-electron chi connectivity index (χ4n) is 4.54. The number of carbonyl (C=O) groups is 1. The number of piperidine rings is 1. The maximum Gasteiger partial charge on any atom is 0.318 e.